The molecule has 88 valence electrons. The third-order valence-corrected chi connectivity index (χ3v) is 2.43. The molecule has 0 aromatic heterocycles. The van der Waals surface area contributed by atoms with Crippen LogP contribution in [0.4, 0.5) is 0 Å². The van der Waals surface area contributed by atoms with Crippen LogP contribution in [0.25, 0.3) is 0 Å². The molecule has 2 atom stereocenters. The molecule has 0 amide bonds. The Bertz CT molecular complexity index is 385. The molecule has 0 heterocycles. The van der Waals surface area contributed by atoms with Gasteiger partial charge in [0.25, 0.3) is 0 Å². The van der Waals surface area contributed by atoms with Crippen LogP contribution in [0.5, 0.6) is 5.75 Å². The number of hydrogen-bond donors (Lipinski definition) is 2. The Balaban J connectivity index is 3.06. The van der Waals surface area contributed by atoms with Crippen LogP contribution in [0, 0.1) is 6.92 Å². The standard InChI is InChI=1S/C12H16O4/c1-7-5-4-6-10(12(14)15)11(7)16-9(3)8(2)13/h4-6,8-9,13H,1-3H3,(H,14,15). The predicted octanol–water partition coefficient (Wildman–Crippen LogP) is 1.84. The Morgan fingerprint density at radius 1 is 1.38 bits per heavy atom. The molecule has 0 saturated carbocycles. The highest BCUT2D eigenvalue weighted by atomic mass is 16.5. The molecule has 4 heteroatoms. The second kappa shape index (κ2) is 4.99. The van der Waals surface area contributed by atoms with Gasteiger partial charge in [-0.25, -0.2) is 4.79 Å². The van der Waals surface area contributed by atoms with E-state index in [9.17, 15) is 9.90 Å². The summed E-state index contributed by atoms with van der Waals surface area (Å²) in [6.45, 7) is 5.07. The van der Waals surface area contributed by atoms with E-state index in [0.717, 1.165) is 5.56 Å². The summed E-state index contributed by atoms with van der Waals surface area (Å²) in [4.78, 5) is 11.0. The van der Waals surface area contributed by atoms with Crippen LogP contribution in [0.3, 0.4) is 0 Å². The number of para-hydroxylation sites is 1. The van der Waals surface area contributed by atoms with Gasteiger partial charge in [0.2, 0.25) is 0 Å². The van der Waals surface area contributed by atoms with Gasteiger partial charge in [0.1, 0.15) is 17.4 Å². The Labute approximate surface area is 94.5 Å². The molecule has 0 aliphatic heterocycles. The summed E-state index contributed by atoms with van der Waals surface area (Å²) in [6.07, 6.45) is -1.10. The van der Waals surface area contributed by atoms with E-state index < -0.39 is 18.2 Å². The van der Waals surface area contributed by atoms with Gasteiger partial charge in [0.15, 0.2) is 0 Å². The number of aliphatic hydroxyl groups excluding tert-OH is 1. The molecule has 4 nitrogen and oxygen atoms in total. The highest BCUT2D eigenvalue weighted by molar-refractivity contribution is 5.91. The SMILES string of the molecule is Cc1cccc(C(=O)O)c1OC(C)C(C)O. The van der Waals surface area contributed by atoms with Crippen LogP contribution in [0.15, 0.2) is 18.2 Å². The van der Waals surface area contributed by atoms with E-state index in [1.54, 1.807) is 32.9 Å². The first kappa shape index (κ1) is 12.5. The number of rotatable bonds is 4. The number of benzene rings is 1. The lowest BCUT2D eigenvalue weighted by Gasteiger charge is -2.20. The number of carboxylic acid groups (broad SMARTS) is 1. The van der Waals surface area contributed by atoms with Crippen LogP contribution in [0.1, 0.15) is 29.8 Å². The van der Waals surface area contributed by atoms with Gasteiger partial charge in [-0.1, -0.05) is 12.1 Å². The van der Waals surface area contributed by atoms with Crippen molar-refractivity contribution in [1.29, 1.82) is 0 Å². The van der Waals surface area contributed by atoms with Gasteiger partial charge in [-0.3, -0.25) is 0 Å². The van der Waals surface area contributed by atoms with Crippen molar-refractivity contribution in [2.24, 2.45) is 0 Å². The summed E-state index contributed by atoms with van der Waals surface area (Å²) in [5.74, 6) is -0.708. The van der Waals surface area contributed by atoms with Crippen LogP contribution in [-0.4, -0.2) is 28.4 Å². The Morgan fingerprint density at radius 2 is 2.00 bits per heavy atom. The molecule has 2 N–H and O–H groups in total. The topological polar surface area (TPSA) is 66.8 Å². The molecule has 1 aromatic carbocycles. The normalized spacial score (nSPS) is 14.2. The first-order chi connectivity index (χ1) is 7.43. The summed E-state index contributed by atoms with van der Waals surface area (Å²) in [6, 6.07) is 4.93. The summed E-state index contributed by atoms with van der Waals surface area (Å²) < 4.78 is 5.47. The van der Waals surface area contributed by atoms with Gasteiger partial charge >= 0.3 is 5.97 Å². The zero-order valence-corrected chi connectivity index (χ0v) is 9.60. The van der Waals surface area contributed by atoms with Gasteiger partial charge in [0.05, 0.1) is 6.10 Å². The minimum absolute atomic E-state index is 0.118. The molecule has 0 aliphatic rings. The van der Waals surface area contributed by atoms with E-state index in [1.807, 2.05) is 0 Å². The molecule has 16 heavy (non-hydrogen) atoms. The van der Waals surface area contributed by atoms with Crippen LogP contribution in [0.2, 0.25) is 0 Å². The van der Waals surface area contributed by atoms with E-state index in [1.165, 1.54) is 6.07 Å². The molecule has 0 radical (unpaired) electrons. The summed E-state index contributed by atoms with van der Waals surface area (Å²) in [5.41, 5.74) is 0.861. The molecule has 1 rings (SSSR count). The van der Waals surface area contributed by atoms with E-state index in [-0.39, 0.29) is 5.56 Å². The van der Waals surface area contributed by atoms with Crippen molar-refractivity contribution in [2.45, 2.75) is 33.0 Å². The Morgan fingerprint density at radius 3 is 2.50 bits per heavy atom. The summed E-state index contributed by atoms with van der Waals surface area (Å²) in [7, 11) is 0. The molecule has 1 aromatic rings. The van der Waals surface area contributed by atoms with Crippen molar-refractivity contribution < 1.29 is 19.7 Å². The number of aromatic carboxylic acids is 1. The lowest BCUT2D eigenvalue weighted by molar-refractivity contribution is 0.0556. The third-order valence-electron chi connectivity index (χ3n) is 2.43. The monoisotopic (exact) mass is 224 g/mol. The molecule has 0 aliphatic carbocycles. The van der Waals surface area contributed by atoms with Gasteiger partial charge in [-0.05, 0) is 32.4 Å². The maximum absolute atomic E-state index is 11.0. The minimum atomic E-state index is -1.03. The third kappa shape index (κ3) is 2.73. The van der Waals surface area contributed by atoms with E-state index >= 15 is 0 Å². The van der Waals surface area contributed by atoms with E-state index in [4.69, 9.17) is 9.84 Å². The Hall–Kier alpha value is -1.55. The number of hydrogen-bond acceptors (Lipinski definition) is 3. The lowest BCUT2D eigenvalue weighted by Crippen LogP contribution is -2.26. The van der Waals surface area contributed by atoms with Crippen molar-refractivity contribution in [3.05, 3.63) is 29.3 Å². The van der Waals surface area contributed by atoms with Crippen molar-refractivity contribution in [1.82, 2.24) is 0 Å². The second-order valence-electron chi connectivity index (χ2n) is 3.82. The minimum Gasteiger partial charge on any atom is -0.487 e. The lowest BCUT2D eigenvalue weighted by atomic mass is 10.1. The molecular formula is C12H16O4. The van der Waals surface area contributed by atoms with Crippen LogP contribution in [-0.2, 0) is 0 Å². The number of carboxylic acids is 1. The van der Waals surface area contributed by atoms with Gasteiger partial charge in [-0.15, -0.1) is 0 Å². The maximum atomic E-state index is 11.0. The van der Waals surface area contributed by atoms with Gasteiger partial charge in [-0.2, -0.15) is 0 Å². The van der Waals surface area contributed by atoms with E-state index in [2.05, 4.69) is 0 Å². The molecular weight excluding hydrogens is 208 g/mol. The first-order valence-electron chi connectivity index (χ1n) is 5.11. The van der Waals surface area contributed by atoms with Crippen molar-refractivity contribution in [3.8, 4) is 5.75 Å². The number of aryl methyl sites for hydroxylation is 1. The van der Waals surface area contributed by atoms with Crippen LogP contribution >= 0.6 is 0 Å². The average molecular weight is 224 g/mol. The quantitative estimate of drug-likeness (QED) is 0.819. The fraction of sp³-hybridized carbons (Fsp3) is 0.417. The predicted molar refractivity (Wildman–Crippen MR) is 59.9 cm³/mol. The van der Waals surface area contributed by atoms with Crippen molar-refractivity contribution in [3.63, 3.8) is 0 Å². The van der Waals surface area contributed by atoms with Crippen molar-refractivity contribution >= 4 is 5.97 Å². The summed E-state index contributed by atoms with van der Waals surface area (Å²) >= 11 is 0. The zero-order chi connectivity index (χ0) is 12.3. The number of ether oxygens (including phenoxy) is 1. The molecule has 0 spiro atoms. The largest absolute Gasteiger partial charge is 0.487 e. The van der Waals surface area contributed by atoms with Crippen molar-refractivity contribution in [2.75, 3.05) is 0 Å². The maximum Gasteiger partial charge on any atom is 0.339 e. The highest BCUT2D eigenvalue weighted by Gasteiger charge is 2.17. The van der Waals surface area contributed by atoms with Gasteiger partial charge < -0.3 is 14.9 Å². The van der Waals surface area contributed by atoms with Crippen LogP contribution < -0.4 is 4.74 Å². The average Bonchev–Trinajstić information content (AvgIpc) is 2.20. The first-order valence-corrected chi connectivity index (χ1v) is 5.11. The Kier molecular flexibility index (Phi) is 3.90. The van der Waals surface area contributed by atoms with E-state index in [0.29, 0.717) is 5.75 Å². The fourth-order valence-corrected chi connectivity index (χ4v) is 1.26. The highest BCUT2D eigenvalue weighted by Crippen LogP contribution is 2.25. The smallest absolute Gasteiger partial charge is 0.339 e. The molecule has 0 bridgehead atoms. The molecule has 0 saturated heterocycles. The number of aliphatic hydroxyl groups is 1. The number of carbonyl (C=O) groups is 1. The second-order valence-corrected chi connectivity index (χ2v) is 3.82. The molecule has 2 unspecified atom stereocenters. The summed E-state index contributed by atoms with van der Waals surface area (Å²) in [5, 5.41) is 18.3. The zero-order valence-electron chi connectivity index (χ0n) is 9.60. The van der Waals surface area contributed by atoms with Gasteiger partial charge in [0, 0.05) is 0 Å². The fourth-order valence-electron chi connectivity index (χ4n) is 1.26. The molecule has 0 fully saturated rings.